The highest BCUT2D eigenvalue weighted by molar-refractivity contribution is 5.89. The number of benzene rings is 1. The van der Waals surface area contributed by atoms with Gasteiger partial charge < -0.3 is 14.8 Å². The number of carbonyl (C=O) groups is 2. The van der Waals surface area contributed by atoms with E-state index in [0.717, 1.165) is 30.5 Å². The zero-order valence-electron chi connectivity index (χ0n) is 14.4. The van der Waals surface area contributed by atoms with Gasteiger partial charge in [-0.15, -0.1) is 0 Å². The van der Waals surface area contributed by atoms with E-state index in [1.807, 2.05) is 29.4 Å². The molecule has 1 aliphatic heterocycles. The van der Waals surface area contributed by atoms with Gasteiger partial charge in [-0.1, -0.05) is 12.1 Å². The second-order valence-electron chi connectivity index (χ2n) is 7.21. The van der Waals surface area contributed by atoms with E-state index in [1.54, 1.807) is 0 Å². The van der Waals surface area contributed by atoms with Crippen LogP contribution in [0.15, 0.2) is 30.6 Å². The first-order chi connectivity index (χ1) is 12.2. The van der Waals surface area contributed by atoms with Gasteiger partial charge in [0.15, 0.2) is 0 Å². The van der Waals surface area contributed by atoms with Crippen LogP contribution in [0.25, 0.3) is 11.0 Å². The summed E-state index contributed by atoms with van der Waals surface area (Å²) in [5.41, 5.74) is 2.11. The lowest BCUT2D eigenvalue weighted by Gasteiger charge is -2.16. The van der Waals surface area contributed by atoms with Gasteiger partial charge in [0.25, 0.3) is 0 Å². The molecule has 2 fully saturated rings. The number of carbonyl (C=O) groups excluding carboxylic acids is 2. The predicted octanol–water partition coefficient (Wildman–Crippen LogP) is 1.80. The summed E-state index contributed by atoms with van der Waals surface area (Å²) in [6, 6.07) is 8.04. The molecule has 1 saturated carbocycles. The van der Waals surface area contributed by atoms with Crippen molar-refractivity contribution in [3.8, 4) is 0 Å². The standard InChI is InChI=1S/C19H24N4O2/c24-18-10-15(12-23(18)11-14-6-7-14)19(25)20-8-3-9-22-13-21-16-4-1-2-5-17(16)22/h1-2,4-5,13-15H,3,6-12H2,(H,20,25). The van der Waals surface area contributed by atoms with E-state index in [2.05, 4.69) is 20.9 Å². The number of hydrogen-bond donors (Lipinski definition) is 1. The number of imidazole rings is 1. The smallest absolute Gasteiger partial charge is 0.225 e. The monoisotopic (exact) mass is 340 g/mol. The number of nitrogens with zero attached hydrogens (tertiary/aromatic N) is 3. The Hall–Kier alpha value is -2.37. The second kappa shape index (κ2) is 6.86. The largest absolute Gasteiger partial charge is 0.356 e. The van der Waals surface area contributed by atoms with E-state index in [4.69, 9.17) is 0 Å². The van der Waals surface area contributed by atoms with E-state index in [0.29, 0.717) is 25.4 Å². The van der Waals surface area contributed by atoms with Crippen molar-refractivity contribution in [3.63, 3.8) is 0 Å². The van der Waals surface area contributed by atoms with Crippen LogP contribution in [0.3, 0.4) is 0 Å². The summed E-state index contributed by atoms with van der Waals surface area (Å²) in [6.45, 7) is 2.88. The molecule has 6 heteroatoms. The summed E-state index contributed by atoms with van der Waals surface area (Å²) in [4.78, 5) is 30.5. The third kappa shape index (κ3) is 3.67. The lowest BCUT2D eigenvalue weighted by Crippen LogP contribution is -2.34. The first-order valence-corrected chi connectivity index (χ1v) is 9.16. The lowest BCUT2D eigenvalue weighted by molar-refractivity contribution is -0.129. The summed E-state index contributed by atoms with van der Waals surface area (Å²) < 4.78 is 2.11. The van der Waals surface area contributed by atoms with Crippen molar-refractivity contribution in [1.82, 2.24) is 19.8 Å². The van der Waals surface area contributed by atoms with Crippen molar-refractivity contribution < 1.29 is 9.59 Å². The number of rotatable bonds is 7. The number of aryl methyl sites for hydroxylation is 1. The fourth-order valence-corrected chi connectivity index (χ4v) is 3.53. The third-order valence-corrected chi connectivity index (χ3v) is 5.16. The molecule has 0 bridgehead atoms. The normalized spacial score (nSPS) is 20.4. The summed E-state index contributed by atoms with van der Waals surface area (Å²) in [5.74, 6) is 0.648. The first kappa shape index (κ1) is 16.1. The number of hydrogen-bond acceptors (Lipinski definition) is 3. The van der Waals surface area contributed by atoms with Crippen molar-refractivity contribution in [1.29, 1.82) is 0 Å². The van der Waals surface area contributed by atoms with E-state index in [-0.39, 0.29) is 17.7 Å². The third-order valence-electron chi connectivity index (χ3n) is 5.16. The van der Waals surface area contributed by atoms with Gasteiger partial charge >= 0.3 is 0 Å². The number of aromatic nitrogens is 2. The molecule has 1 atom stereocenters. The molecule has 1 N–H and O–H groups in total. The quantitative estimate of drug-likeness (QED) is 0.782. The Morgan fingerprint density at radius 1 is 1.28 bits per heavy atom. The molecule has 1 aliphatic carbocycles. The zero-order chi connectivity index (χ0) is 17.2. The van der Waals surface area contributed by atoms with Crippen molar-refractivity contribution in [2.24, 2.45) is 11.8 Å². The van der Waals surface area contributed by atoms with Crippen LogP contribution in [0, 0.1) is 11.8 Å². The van der Waals surface area contributed by atoms with E-state index < -0.39 is 0 Å². The average molecular weight is 340 g/mol. The highest BCUT2D eigenvalue weighted by Gasteiger charge is 2.36. The summed E-state index contributed by atoms with van der Waals surface area (Å²) in [6.07, 6.45) is 5.51. The van der Waals surface area contributed by atoms with Gasteiger partial charge in [-0.3, -0.25) is 9.59 Å². The van der Waals surface area contributed by atoms with Gasteiger partial charge in [0, 0.05) is 32.6 Å². The highest BCUT2D eigenvalue weighted by atomic mass is 16.2. The lowest BCUT2D eigenvalue weighted by atomic mass is 10.1. The minimum Gasteiger partial charge on any atom is -0.356 e. The summed E-state index contributed by atoms with van der Waals surface area (Å²) in [7, 11) is 0. The molecule has 1 saturated heterocycles. The van der Waals surface area contributed by atoms with Crippen molar-refractivity contribution in [2.45, 2.75) is 32.2 Å². The Bertz CT molecular complexity index is 781. The fraction of sp³-hybridized carbons (Fsp3) is 0.526. The molecule has 2 amide bonds. The van der Waals surface area contributed by atoms with E-state index in [1.165, 1.54) is 12.8 Å². The van der Waals surface area contributed by atoms with Crippen LogP contribution < -0.4 is 5.32 Å². The minimum absolute atomic E-state index is 0.0159. The maximum atomic E-state index is 12.3. The Morgan fingerprint density at radius 3 is 2.96 bits per heavy atom. The number of nitrogens with one attached hydrogen (secondary N) is 1. The van der Waals surface area contributed by atoms with Gasteiger partial charge in [-0.05, 0) is 37.3 Å². The van der Waals surface area contributed by atoms with Crippen LogP contribution in [0.1, 0.15) is 25.7 Å². The molecular weight excluding hydrogens is 316 g/mol. The number of fused-ring (bicyclic) bond motifs is 1. The Balaban J connectivity index is 1.22. The molecule has 25 heavy (non-hydrogen) atoms. The molecule has 4 rings (SSSR count). The minimum atomic E-state index is -0.180. The Morgan fingerprint density at radius 2 is 2.12 bits per heavy atom. The van der Waals surface area contributed by atoms with Crippen molar-refractivity contribution in [3.05, 3.63) is 30.6 Å². The molecule has 132 valence electrons. The summed E-state index contributed by atoms with van der Waals surface area (Å²) >= 11 is 0. The van der Waals surface area contributed by atoms with Crippen LogP contribution in [0.2, 0.25) is 0 Å². The average Bonchev–Trinajstić information content (AvgIpc) is 3.23. The van der Waals surface area contributed by atoms with Crippen molar-refractivity contribution >= 4 is 22.8 Å². The maximum absolute atomic E-state index is 12.3. The number of amides is 2. The van der Waals surface area contributed by atoms with Crippen LogP contribution in [0.4, 0.5) is 0 Å². The van der Waals surface area contributed by atoms with Crippen LogP contribution in [0.5, 0.6) is 0 Å². The van der Waals surface area contributed by atoms with Gasteiger partial charge in [0.05, 0.1) is 23.3 Å². The molecule has 2 aromatic rings. The number of para-hydroxylation sites is 2. The highest BCUT2D eigenvalue weighted by Crippen LogP contribution is 2.31. The molecule has 0 spiro atoms. The van der Waals surface area contributed by atoms with Gasteiger partial charge in [0.2, 0.25) is 11.8 Å². The first-order valence-electron chi connectivity index (χ1n) is 9.16. The van der Waals surface area contributed by atoms with Crippen LogP contribution in [-0.4, -0.2) is 45.9 Å². The molecule has 1 aromatic heterocycles. The summed E-state index contributed by atoms with van der Waals surface area (Å²) in [5, 5.41) is 2.99. The second-order valence-corrected chi connectivity index (χ2v) is 7.21. The predicted molar refractivity (Wildman–Crippen MR) is 94.8 cm³/mol. The van der Waals surface area contributed by atoms with Gasteiger partial charge in [-0.2, -0.15) is 0 Å². The fourth-order valence-electron chi connectivity index (χ4n) is 3.53. The molecule has 6 nitrogen and oxygen atoms in total. The van der Waals surface area contributed by atoms with Crippen LogP contribution >= 0.6 is 0 Å². The van der Waals surface area contributed by atoms with E-state index >= 15 is 0 Å². The molecule has 2 aliphatic rings. The zero-order valence-corrected chi connectivity index (χ0v) is 14.4. The molecule has 2 heterocycles. The Labute approximate surface area is 147 Å². The molecule has 1 unspecified atom stereocenters. The van der Waals surface area contributed by atoms with Crippen molar-refractivity contribution in [2.75, 3.05) is 19.6 Å². The number of likely N-dealkylation sites (tertiary alicyclic amines) is 1. The molecular formula is C19H24N4O2. The van der Waals surface area contributed by atoms with Gasteiger partial charge in [-0.25, -0.2) is 4.98 Å². The SMILES string of the molecule is O=C(NCCCn1cnc2ccccc21)C1CC(=O)N(CC2CC2)C1. The van der Waals surface area contributed by atoms with Gasteiger partial charge in [0.1, 0.15) is 0 Å². The van der Waals surface area contributed by atoms with E-state index in [9.17, 15) is 9.59 Å². The topological polar surface area (TPSA) is 67.2 Å². The molecule has 0 radical (unpaired) electrons. The van der Waals surface area contributed by atoms with Crippen LogP contribution in [-0.2, 0) is 16.1 Å². The maximum Gasteiger partial charge on any atom is 0.225 e. The molecule has 1 aromatic carbocycles. The Kier molecular flexibility index (Phi) is 4.42.